The van der Waals surface area contributed by atoms with Gasteiger partial charge >= 0.3 is 0 Å². The van der Waals surface area contributed by atoms with Gasteiger partial charge in [-0.05, 0) is 46.0 Å². The van der Waals surface area contributed by atoms with Gasteiger partial charge < -0.3 is 5.11 Å². The van der Waals surface area contributed by atoms with Crippen LogP contribution < -0.4 is 0 Å². The van der Waals surface area contributed by atoms with Gasteiger partial charge in [-0.25, -0.2) is 4.39 Å². The van der Waals surface area contributed by atoms with Gasteiger partial charge in [0, 0.05) is 29.0 Å². The third-order valence-electron chi connectivity index (χ3n) is 5.17. The number of fused-ring (bicyclic) bond motifs is 4. The molecule has 0 bridgehead atoms. The fourth-order valence-corrected chi connectivity index (χ4v) is 4.10. The van der Waals surface area contributed by atoms with Crippen molar-refractivity contribution in [3.05, 3.63) is 101 Å². The second kappa shape index (κ2) is 5.73. The lowest BCUT2D eigenvalue weighted by Crippen LogP contribution is -1.98. The number of pyridine rings is 1. The molecule has 0 saturated heterocycles. The molecule has 0 saturated carbocycles. The fourth-order valence-electron chi connectivity index (χ4n) is 4.10. The average Bonchev–Trinajstić information content (AvgIpc) is 3.15. The first-order valence-electron chi connectivity index (χ1n) is 8.58. The zero-order valence-electron chi connectivity index (χ0n) is 14.1. The number of nitriles is 1. The molecule has 1 atom stereocenters. The number of aromatic nitrogens is 1. The van der Waals surface area contributed by atoms with Crippen LogP contribution in [0.4, 0.5) is 4.39 Å². The number of allylic oxidation sites excluding steroid dienone is 1. The minimum atomic E-state index is -0.936. The standard InChI is InChI=1S/C23H13FN2O/c24-13-7-8-17-19(12-13)15(9-10-25)21(23(17)27)20-14-4-1-2-5-16(14)22-18(20)6-3-11-26-22/h1-9,11-12,23,27H/b15-9?,21-20-. The number of aliphatic hydroxyl groups excluding tert-OH is 1. The molecule has 4 heteroatoms. The van der Waals surface area contributed by atoms with Gasteiger partial charge in [-0.15, -0.1) is 0 Å². The lowest BCUT2D eigenvalue weighted by Gasteiger charge is -2.13. The molecular formula is C23H13FN2O. The molecule has 1 aromatic heterocycles. The van der Waals surface area contributed by atoms with E-state index in [1.807, 2.05) is 42.5 Å². The van der Waals surface area contributed by atoms with E-state index in [1.165, 1.54) is 18.2 Å². The van der Waals surface area contributed by atoms with Crippen molar-refractivity contribution in [2.45, 2.75) is 6.10 Å². The van der Waals surface area contributed by atoms with Crippen LogP contribution in [0.5, 0.6) is 0 Å². The van der Waals surface area contributed by atoms with Crippen LogP contribution in [0.2, 0.25) is 0 Å². The molecule has 2 aliphatic carbocycles. The van der Waals surface area contributed by atoms with Crippen molar-refractivity contribution in [1.82, 2.24) is 4.98 Å². The minimum absolute atomic E-state index is 0.398. The SMILES string of the molecule is N#CC=C1/C(=C2\c3ccccc3-c3ncccc32)C(O)c2ccc(F)cc21. The third kappa shape index (κ3) is 2.13. The van der Waals surface area contributed by atoms with E-state index in [0.717, 1.165) is 28.0 Å². The van der Waals surface area contributed by atoms with Crippen LogP contribution in [-0.2, 0) is 0 Å². The minimum Gasteiger partial charge on any atom is -0.384 e. The Morgan fingerprint density at radius 3 is 2.59 bits per heavy atom. The lowest BCUT2D eigenvalue weighted by molar-refractivity contribution is 0.225. The van der Waals surface area contributed by atoms with Crippen LogP contribution in [0.1, 0.15) is 28.4 Å². The summed E-state index contributed by atoms with van der Waals surface area (Å²) in [7, 11) is 0. The lowest BCUT2D eigenvalue weighted by atomic mass is 9.92. The Balaban J connectivity index is 1.90. The molecule has 3 aromatic rings. The van der Waals surface area contributed by atoms with Gasteiger partial charge in [0.15, 0.2) is 0 Å². The average molecular weight is 352 g/mol. The predicted octanol–water partition coefficient (Wildman–Crippen LogP) is 4.66. The van der Waals surface area contributed by atoms with E-state index in [2.05, 4.69) is 4.98 Å². The highest BCUT2D eigenvalue weighted by Crippen LogP contribution is 2.53. The van der Waals surface area contributed by atoms with Gasteiger partial charge in [-0.2, -0.15) is 5.26 Å². The molecule has 0 fully saturated rings. The number of nitrogens with zero attached hydrogens (tertiary/aromatic N) is 2. The van der Waals surface area contributed by atoms with E-state index in [-0.39, 0.29) is 0 Å². The van der Waals surface area contributed by atoms with Gasteiger partial charge in [-0.3, -0.25) is 4.98 Å². The fraction of sp³-hybridized carbons (Fsp3) is 0.0435. The molecular weight excluding hydrogens is 339 g/mol. The highest BCUT2D eigenvalue weighted by atomic mass is 19.1. The molecule has 128 valence electrons. The van der Waals surface area contributed by atoms with E-state index in [4.69, 9.17) is 0 Å². The first-order valence-corrected chi connectivity index (χ1v) is 8.58. The molecule has 0 spiro atoms. The smallest absolute Gasteiger partial charge is 0.123 e. The number of hydrogen-bond acceptors (Lipinski definition) is 3. The summed E-state index contributed by atoms with van der Waals surface area (Å²) in [4.78, 5) is 4.52. The topological polar surface area (TPSA) is 56.9 Å². The van der Waals surface area contributed by atoms with Gasteiger partial charge in [0.2, 0.25) is 0 Å². The normalized spacial score (nSPS) is 20.9. The first-order chi connectivity index (χ1) is 13.2. The monoisotopic (exact) mass is 352 g/mol. The summed E-state index contributed by atoms with van der Waals surface area (Å²) in [6.45, 7) is 0. The summed E-state index contributed by atoms with van der Waals surface area (Å²) in [5.41, 5.74) is 6.89. The highest BCUT2D eigenvalue weighted by molar-refractivity contribution is 6.08. The second-order valence-electron chi connectivity index (χ2n) is 6.56. The molecule has 1 unspecified atom stereocenters. The van der Waals surface area contributed by atoms with Gasteiger partial charge in [0.1, 0.15) is 11.9 Å². The third-order valence-corrected chi connectivity index (χ3v) is 5.17. The maximum atomic E-state index is 13.9. The molecule has 2 aliphatic rings. The van der Waals surface area contributed by atoms with Crippen molar-refractivity contribution in [1.29, 1.82) is 5.26 Å². The van der Waals surface area contributed by atoms with Gasteiger partial charge in [0.05, 0.1) is 11.8 Å². The summed E-state index contributed by atoms with van der Waals surface area (Å²) in [5, 5.41) is 20.4. The van der Waals surface area contributed by atoms with Crippen molar-refractivity contribution >= 4 is 11.1 Å². The predicted molar refractivity (Wildman–Crippen MR) is 101 cm³/mol. The Morgan fingerprint density at radius 1 is 1.00 bits per heavy atom. The summed E-state index contributed by atoms with van der Waals surface area (Å²) in [6, 6.07) is 18.0. The van der Waals surface area contributed by atoms with Crippen molar-refractivity contribution in [2.24, 2.45) is 0 Å². The van der Waals surface area contributed by atoms with E-state index in [9.17, 15) is 14.8 Å². The molecule has 0 radical (unpaired) electrons. The van der Waals surface area contributed by atoms with E-state index >= 15 is 0 Å². The second-order valence-corrected chi connectivity index (χ2v) is 6.56. The Morgan fingerprint density at radius 2 is 1.78 bits per heavy atom. The van der Waals surface area contributed by atoms with Crippen LogP contribution in [0.25, 0.3) is 22.4 Å². The molecule has 2 aromatic carbocycles. The van der Waals surface area contributed by atoms with Crippen LogP contribution in [0, 0.1) is 17.1 Å². The Bertz CT molecular complexity index is 1170. The number of aliphatic hydroxyl groups is 1. The Hall–Kier alpha value is -3.55. The van der Waals surface area contributed by atoms with E-state index < -0.39 is 11.9 Å². The molecule has 0 amide bonds. The highest BCUT2D eigenvalue weighted by Gasteiger charge is 2.37. The Kier molecular flexibility index (Phi) is 3.33. The molecule has 0 aliphatic heterocycles. The first kappa shape index (κ1) is 15.7. The molecule has 1 N–H and O–H groups in total. The van der Waals surface area contributed by atoms with E-state index in [1.54, 1.807) is 12.3 Å². The quantitative estimate of drug-likeness (QED) is 0.468. The van der Waals surface area contributed by atoms with Gasteiger partial charge in [0.25, 0.3) is 0 Å². The van der Waals surface area contributed by atoms with Gasteiger partial charge in [-0.1, -0.05) is 36.4 Å². The van der Waals surface area contributed by atoms with Crippen molar-refractivity contribution in [2.75, 3.05) is 0 Å². The Labute approximate surface area is 155 Å². The summed E-state index contributed by atoms with van der Waals surface area (Å²) >= 11 is 0. The van der Waals surface area contributed by atoms with E-state index in [0.29, 0.717) is 22.3 Å². The number of halogens is 1. The zero-order valence-corrected chi connectivity index (χ0v) is 14.1. The number of benzene rings is 2. The number of rotatable bonds is 0. The molecule has 27 heavy (non-hydrogen) atoms. The van der Waals surface area contributed by atoms with Crippen molar-refractivity contribution in [3.8, 4) is 17.3 Å². The zero-order chi connectivity index (χ0) is 18.5. The number of hydrogen-bond donors (Lipinski definition) is 1. The van der Waals surface area contributed by atoms with Crippen LogP contribution >= 0.6 is 0 Å². The molecule has 5 rings (SSSR count). The summed E-state index contributed by atoms with van der Waals surface area (Å²) in [6.07, 6.45) is 2.19. The van der Waals surface area contributed by atoms with Crippen LogP contribution in [0.3, 0.4) is 0 Å². The maximum absolute atomic E-state index is 13.9. The molecule has 1 heterocycles. The molecule has 3 nitrogen and oxygen atoms in total. The summed E-state index contributed by atoms with van der Waals surface area (Å²) < 4.78 is 13.9. The van der Waals surface area contributed by atoms with Crippen LogP contribution in [-0.4, -0.2) is 10.1 Å². The van der Waals surface area contributed by atoms with Crippen molar-refractivity contribution < 1.29 is 9.50 Å². The summed E-state index contributed by atoms with van der Waals surface area (Å²) in [5.74, 6) is -0.398. The largest absolute Gasteiger partial charge is 0.384 e. The van der Waals surface area contributed by atoms with Crippen LogP contribution in [0.15, 0.2) is 72.4 Å². The van der Waals surface area contributed by atoms with Crippen molar-refractivity contribution in [3.63, 3.8) is 0 Å². The maximum Gasteiger partial charge on any atom is 0.123 e.